The largest absolute Gasteiger partial charge is 0.396 e. The van der Waals surface area contributed by atoms with Gasteiger partial charge in [-0.25, -0.2) is 13.1 Å². The molecule has 0 saturated heterocycles. The van der Waals surface area contributed by atoms with E-state index in [1.807, 2.05) is 6.07 Å². The van der Waals surface area contributed by atoms with Gasteiger partial charge < -0.3 is 5.11 Å². The predicted octanol–water partition coefficient (Wildman–Crippen LogP) is 1.14. The van der Waals surface area contributed by atoms with Crippen molar-refractivity contribution in [2.45, 2.75) is 25.0 Å². The van der Waals surface area contributed by atoms with Crippen molar-refractivity contribution in [1.29, 1.82) is 5.26 Å². The van der Waals surface area contributed by atoms with E-state index in [0.717, 1.165) is 12.8 Å². The standard InChI is InChI=1S/C14H18N2O3S/c15-9-12-2-1-3-13(8-12)10-20(18,19)16-11-14(4-5-14)6-7-17/h1-3,8,16-17H,4-7,10-11H2. The third kappa shape index (κ3) is 4.04. The number of nitriles is 1. The molecule has 1 aromatic rings. The monoisotopic (exact) mass is 294 g/mol. The predicted molar refractivity (Wildman–Crippen MR) is 75.2 cm³/mol. The molecule has 2 N–H and O–H groups in total. The van der Waals surface area contributed by atoms with E-state index in [1.165, 1.54) is 0 Å². The third-order valence-corrected chi connectivity index (χ3v) is 4.98. The smallest absolute Gasteiger partial charge is 0.215 e. The van der Waals surface area contributed by atoms with Gasteiger partial charge in [-0.15, -0.1) is 0 Å². The van der Waals surface area contributed by atoms with E-state index in [-0.39, 0.29) is 17.8 Å². The highest BCUT2D eigenvalue weighted by molar-refractivity contribution is 7.88. The van der Waals surface area contributed by atoms with E-state index < -0.39 is 10.0 Å². The zero-order chi connectivity index (χ0) is 14.6. The second kappa shape index (κ2) is 5.92. The quantitative estimate of drug-likeness (QED) is 0.789. The molecule has 1 aliphatic rings. The highest BCUT2D eigenvalue weighted by Crippen LogP contribution is 2.48. The van der Waals surface area contributed by atoms with Crippen LogP contribution in [0.5, 0.6) is 0 Å². The Hall–Kier alpha value is -1.42. The van der Waals surface area contributed by atoms with Crippen molar-refractivity contribution in [1.82, 2.24) is 4.72 Å². The summed E-state index contributed by atoms with van der Waals surface area (Å²) in [5.41, 5.74) is 1.01. The Balaban J connectivity index is 1.95. The summed E-state index contributed by atoms with van der Waals surface area (Å²) in [7, 11) is -3.41. The molecular weight excluding hydrogens is 276 g/mol. The van der Waals surface area contributed by atoms with Crippen LogP contribution >= 0.6 is 0 Å². The maximum absolute atomic E-state index is 12.0. The molecule has 1 saturated carbocycles. The van der Waals surface area contributed by atoms with Crippen molar-refractivity contribution in [3.63, 3.8) is 0 Å². The molecule has 0 amide bonds. The molecule has 5 nitrogen and oxygen atoms in total. The highest BCUT2D eigenvalue weighted by Gasteiger charge is 2.42. The zero-order valence-electron chi connectivity index (χ0n) is 11.2. The topological polar surface area (TPSA) is 90.2 Å². The first-order valence-electron chi connectivity index (χ1n) is 6.56. The highest BCUT2D eigenvalue weighted by atomic mass is 32.2. The molecule has 6 heteroatoms. The molecule has 20 heavy (non-hydrogen) atoms. The number of hydrogen-bond donors (Lipinski definition) is 2. The summed E-state index contributed by atoms with van der Waals surface area (Å²) in [6.07, 6.45) is 2.55. The van der Waals surface area contributed by atoms with Gasteiger partial charge in [-0.1, -0.05) is 12.1 Å². The molecule has 0 heterocycles. The number of aliphatic hydroxyl groups is 1. The van der Waals surface area contributed by atoms with Crippen LogP contribution in [0, 0.1) is 16.7 Å². The van der Waals surface area contributed by atoms with Crippen molar-refractivity contribution in [2.75, 3.05) is 13.2 Å². The average molecular weight is 294 g/mol. The van der Waals surface area contributed by atoms with Gasteiger partial charge in [0.15, 0.2) is 0 Å². The summed E-state index contributed by atoms with van der Waals surface area (Å²) < 4.78 is 26.7. The van der Waals surface area contributed by atoms with E-state index in [1.54, 1.807) is 24.3 Å². The number of aliphatic hydroxyl groups excluding tert-OH is 1. The van der Waals surface area contributed by atoms with Gasteiger partial charge in [0.1, 0.15) is 0 Å². The lowest BCUT2D eigenvalue weighted by Crippen LogP contribution is -2.31. The van der Waals surface area contributed by atoms with E-state index in [9.17, 15) is 8.42 Å². The molecule has 0 aliphatic heterocycles. The van der Waals surface area contributed by atoms with Gasteiger partial charge in [-0.05, 0) is 42.4 Å². The average Bonchev–Trinajstić information content (AvgIpc) is 3.17. The van der Waals surface area contributed by atoms with Crippen LogP contribution in [0.1, 0.15) is 30.4 Å². The second-order valence-corrected chi connectivity index (χ2v) is 7.17. The number of sulfonamides is 1. The van der Waals surface area contributed by atoms with Crippen molar-refractivity contribution >= 4 is 10.0 Å². The first-order valence-corrected chi connectivity index (χ1v) is 8.21. The molecule has 108 valence electrons. The van der Waals surface area contributed by atoms with Gasteiger partial charge in [0.25, 0.3) is 0 Å². The number of hydrogen-bond acceptors (Lipinski definition) is 4. The fraction of sp³-hybridized carbons (Fsp3) is 0.500. The Labute approximate surface area is 119 Å². The first-order chi connectivity index (χ1) is 9.49. The minimum atomic E-state index is -3.41. The first kappa shape index (κ1) is 15.0. The summed E-state index contributed by atoms with van der Waals surface area (Å²) in [6.45, 7) is 0.472. The molecule has 1 aliphatic carbocycles. The lowest BCUT2D eigenvalue weighted by Gasteiger charge is -2.14. The lowest BCUT2D eigenvalue weighted by molar-refractivity contribution is 0.249. The fourth-order valence-corrected chi connectivity index (χ4v) is 3.44. The normalized spacial score (nSPS) is 16.6. The maximum atomic E-state index is 12.0. The Morgan fingerprint density at radius 2 is 2.15 bits per heavy atom. The van der Waals surface area contributed by atoms with Crippen LogP contribution < -0.4 is 4.72 Å². The number of nitrogens with zero attached hydrogens (tertiary/aromatic N) is 1. The van der Waals surface area contributed by atoms with E-state index in [2.05, 4.69) is 4.72 Å². The number of nitrogens with one attached hydrogen (secondary N) is 1. The molecule has 0 radical (unpaired) electrons. The van der Waals surface area contributed by atoms with Crippen molar-refractivity contribution in [3.05, 3.63) is 35.4 Å². The fourth-order valence-electron chi connectivity index (χ4n) is 2.19. The third-order valence-electron chi connectivity index (χ3n) is 3.68. The number of rotatable bonds is 7. The molecule has 0 atom stereocenters. The SMILES string of the molecule is N#Cc1cccc(CS(=O)(=O)NCC2(CCO)CC2)c1. The Kier molecular flexibility index (Phi) is 4.43. The van der Waals surface area contributed by atoms with Crippen LogP contribution in [-0.4, -0.2) is 26.7 Å². The molecule has 0 aromatic heterocycles. The molecule has 0 bridgehead atoms. The summed E-state index contributed by atoms with van der Waals surface area (Å²) in [5, 5.41) is 17.8. The minimum absolute atomic E-state index is 0.0453. The van der Waals surface area contributed by atoms with Gasteiger partial charge in [0.2, 0.25) is 10.0 Å². The Morgan fingerprint density at radius 1 is 1.40 bits per heavy atom. The van der Waals surface area contributed by atoms with E-state index in [4.69, 9.17) is 10.4 Å². The molecule has 2 rings (SSSR count). The molecule has 1 fully saturated rings. The van der Waals surface area contributed by atoms with Crippen LogP contribution in [0.25, 0.3) is 0 Å². The van der Waals surface area contributed by atoms with Gasteiger partial charge in [-0.2, -0.15) is 5.26 Å². The van der Waals surface area contributed by atoms with Crippen LogP contribution in [0.3, 0.4) is 0 Å². The van der Waals surface area contributed by atoms with Crippen molar-refractivity contribution in [2.24, 2.45) is 5.41 Å². The minimum Gasteiger partial charge on any atom is -0.396 e. The maximum Gasteiger partial charge on any atom is 0.215 e. The lowest BCUT2D eigenvalue weighted by atomic mass is 10.0. The van der Waals surface area contributed by atoms with Crippen LogP contribution in [0.2, 0.25) is 0 Å². The molecule has 0 unspecified atom stereocenters. The summed E-state index contributed by atoms with van der Waals surface area (Å²) >= 11 is 0. The van der Waals surface area contributed by atoms with Crippen LogP contribution in [0.15, 0.2) is 24.3 Å². The van der Waals surface area contributed by atoms with Gasteiger partial charge in [-0.3, -0.25) is 0 Å². The molecule has 1 aromatic carbocycles. The van der Waals surface area contributed by atoms with Gasteiger partial charge in [0.05, 0.1) is 17.4 Å². The molecular formula is C14H18N2O3S. The van der Waals surface area contributed by atoms with Gasteiger partial charge in [0, 0.05) is 13.2 Å². The Bertz CT molecular complexity index is 616. The zero-order valence-corrected chi connectivity index (χ0v) is 12.0. The van der Waals surface area contributed by atoms with E-state index >= 15 is 0 Å². The van der Waals surface area contributed by atoms with Gasteiger partial charge >= 0.3 is 0 Å². The summed E-state index contributed by atoms with van der Waals surface area (Å²) in [5.74, 6) is -0.127. The van der Waals surface area contributed by atoms with Crippen molar-refractivity contribution < 1.29 is 13.5 Å². The van der Waals surface area contributed by atoms with Crippen LogP contribution in [-0.2, 0) is 15.8 Å². The summed E-state index contributed by atoms with van der Waals surface area (Å²) in [6, 6.07) is 8.59. The summed E-state index contributed by atoms with van der Waals surface area (Å²) in [4.78, 5) is 0. The van der Waals surface area contributed by atoms with E-state index in [0.29, 0.717) is 24.1 Å². The van der Waals surface area contributed by atoms with Crippen molar-refractivity contribution in [3.8, 4) is 6.07 Å². The number of benzene rings is 1. The molecule has 0 spiro atoms. The second-order valence-electron chi connectivity index (χ2n) is 5.37. The Morgan fingerprint density at radius 3 is 2.75 bits per heavy atom. The van der Waals surface area contributed by atoms with Crippen LogP contribution in [0.4, 0.5) is 0 Å².